The van der Waals surface area contributed by atoms with Crippen LogP contribution in [-0.2, 0) is 0 Å². The van der Waals surface area contributed by atoms with Crippen molar-refractivity contribution >= 4 is 0 Å². The van der Waals surface area contributed by atoms with Crippen LogP contribution in [0.2, 0.25) is 0 Å². The first-order valence-electron chi connectivity index (χ1n) is 6.48. The maximum Gasteiger partial charge on any atom is 0.0180 e. The average Bonchev–Trinajstić information content (AvgIpc) is 2.20. The Labute approximate surface area is 95.2 Å². The van der Waals surface area contributed by atoms with E-state index in [4.69, 9.17) is 0 Å². The molecule has 15 heavy (non-hydrogen) atoms. The summed E-state index contributed by atoms with van der Waals surface area (Å²) in [5, 5.41) is 0. The molecule has 1 heteroatoms. The van der Waals surface area contributed by atoms with Gasteiger partial charge in [-0.1, -0.05) is 20.8 Å². The van der Waals surface area contributed by atoms with Crippen LogP contribution in [0.3, 0.4) is 0 Å². The van der Waals surface area contributed by atoms with E-state index >= 15 is 0 Å². The van der Waals surface area contributed by atoms with Crippen LogP contribution >= 0.6 is 0 Å². The van der Waals surface area contributed by atoms with Crippen molar-refractivity contribution < 1.29 is 0 Å². The summed E-state index contributed by atoms with van der Waals surface area (Å²) >= 11 is 0. The Morgan fingerprint density at radius 3 is 1.87 bits per heavy atom. The Bertz CT molecular complexity index is 243. The standard InChI is InChI=1S/C14H27N/c1-13(2,3)12-11-8-7-10(11)9-15(12)14(4,5)6/h10-12H,7-9H2,1-6H3/t10-,11-,12-/m0/s1. The third-order valence-electron chi connectivity index (χ3n) is 4.40. The monoisotopic (exact) mass is 209 g/mol. The van der Waals surface area contributed by atoms with Crippen LogP contribution in [0.1, 0.15) is 54.4 Å². The number of hydrogen-bond donors (Lipinski definition) is 0. The Hall–Kier alpha value is -0.0400. The van der Waals surface area contributed by atoms with Gasteiger partial charge in [0.2, 0.25) is 0 Å². The molecule has 1 heterocycles. The molecule has 0 aromatic carbocycles. The Kier molecular flexibility index (Phi) is 2.46. The minimum atomic E-state index is 0.343. The molecule has 0 radical (unpaired) electrons. The van der Waals surface area contributed by atoms with Gasteiger partial charge in [0.1, 0.15) is 0 Å². The average molecular weight is 209 g/mol. The highest BCUT2D eigenvalue weighted by Gasteiger charge is 2.53. The molecular formula is C14H27N. The van der Waals surface area contributed by atoms with E-state index in [-0.39, 0.29) is 0 Å². The molecule has 1 saturated heterocycles. The van der Waals surface area contributed by atoms with Crippen molar-refractivity contribution in [1.29, 1.82) is 0 Å². The van der Waals surface area contributed by atoms with Crippen molar-refractivity contribution in [1.82, 2.24) is 4.90 Å². The first-order valence-corrected chi connectivity index (χ1v) is 6.48. The molecular weight excluding hydrogens is 182 g/mol. The van der Waals surface area contributed by atoms with Gasteiger partial charge in [0.05, 0.1) is 0 Å². The molecule has 2 rings (SSSR count). The Balaban J connectivity index is 2.24. The van der Waals surface area contributed by atoms with Crippen LogP contribution in [0.5, 0.6) is 0 Å². The molecule has 2 aliphatic rings. The first-order chi connectivity index (χ1) is 6.71. The summed E-state index contributed by atoms with van der Waals surface area (Å²) in [7, 11) is 0. The predicted octanol–water partition coefficient (Wildman–Crippen LogP) is 3.54. The van der Waals surface area contributed by atoms with E-state index in [0.717, 1.165) is 17.9 Å². The zero-order valence-electron chi connectivity index (χ0n) is 11.3. The van der Waals surface area contributed by atoms with Crippen molar-refractivity contribution in [3.05, 3.63) is 0 Å². The van der Waals surface area contributed by atoms with E-state index in [1.807, 2.05) is 0 Å². The summed E-state index contributed by atoms with van der Waals surface area (Å²) in [5.74, 6) is 2.00. The van der Waals surface area contributed by atoms with Crippen molar-refractivity contribution in [2.24, 2.45) is 17.3 Å². The topological polar surface area (TPSA) is 3.24 Å². The third-order valence-corrected chi connectivity index (χ3v) is 4.40. The molecule has 3 atom stereocenters. The highest BCUT2D eigenvalue weighted by atomic mass is 15.3. The number of hydrogen-bond acceptors (Lipinski definition) is 1. The lowest BCUT2D eigenvalue weighted by molar-refractivity contribution is 0.0327. The van der Waals surface area contributed by atoms with Gasteiger partial charge in [-0.3, -0.25) is 4.90 Å². The molecule has 88 valence electrons. The van der Waals surface area contributed by atoms with E-state index in [0.29, 0.717) is 11.0 Å². The Morgan fingerprint density at radius 2 is 1.53 bits per heavy atom. The lowest BCUT2D eigenvalue weighted by Gasteiger charge is -2.46. The fraction of sp³-hybridized carbons (Fsp3) is 1.00. The molecule has 0 N–H and O–H groups in total. The fourth-order valence-corrected chi connectivity index (χ4v) is 3.64. The summed E-state index contributed by atoms with van der Waals surface area (Å²) < 4.78 is 0. The molecule has 1 saturated carbocycles. The summed E-state index contributed by atoms with van der Waals surface area (Å²) in [5.41, 5.74) is 0.780. The summed E-state index contributed by atoms with van der Waals surface area (Å²) in [6.45, 7) is 15.7. The second-order valence-corrected chi connectivity index (χ2v) is 7.64. The number of fused-ring (bicyclic) bond motifs is 1. The van der Waals surface area contributed by atoms with Gasteiger partial charge in [0.25, 0.3) is 0 Å². The summed E-state index contributed by atoms with van der Waals surface area (Å²) in [6.07, 6.45) is 2.95. The minimum Gasteiger partial charge on any atom is -0.294 e. The molecule has 0 bridgehead atoms. The third kappa shape index (κ3) is 1.84. The van der Waals surface area contributed by atoms with Gasteiger partial charge in [-0.2, -0.15) is 0 Å². The zero-order valence-corrected chi connectivity index (χ0v) is 11.3. The van der Waals surface area contributed by atoms with Gasteiger partial charge < -0.3 is 0 Å². The van der Waals surface area contributed by atoms with E-state index in [2.05, 4.69) is 46.4 Å². The summed E-state index contributed by atoms with van der Waals surface area (Å²) in [6, 6.07) is 0.802. The van der Waals surface area contributed by atoms with Crippen LogP contribution < -0.4 is 0 Å². The normalized spacial score (nSPS) is 37.6. The molecule has 0 unspecified atom stereocenters. The van der Waals surface area contributed by atoms with Crippen LogP contribution in [0, 0.1) is 17.3 Å². The molecule has 1 nitrogen and oxygen atoms in total. The summed E-state index contributed by atoms with van der Waals surface area (Å²) in [4.78, 5) is 2.77. The lowest BCUT2D eigenvalue weighted by Crippen LogP contribution is -2.51. The molecule has 1 aliphatic heterocycles. The largest absolute Gasteiger partial charge is 0.294 e. The molecule has 2 fully saturated rings. The van der Waals surface area contributed by atoms with E-state index in [1.165, 1.54) is 19.4 Å². The van der Waals surface area contributed by atoms with Crippen LogP contribution in [0.4, 0.5) is 0 Å². The van der Waals surface area contributed by atoms with Gasteiger partial charge in [0, 0.05) is 18.1 Å². The van der Waals surface area contributed by atoms with Crippen molar-refractivity contribution in [3.63, 3.8) is 0 Å². The van der Waals surface area contributed by atoms with Crippen molar-refractivity contribution in [3.8, 4) is 0 Å². The highest BCUT2D eigenvalue weighted by molar-refractivity contribution is 5.06. The van der Waals surface area contributed by atoms with Crippen LogP contribution in [0.25, 0.3) is 0 Å². The molecule has 0 spiro atoms. The predicted molar refractivity (Wildman–Crippen MR) is 65.9 cm³/mol. The highest BCUT2D eigenvalue weighted by Crippen LogP contribution is 2.52. The first kappa shape index (κ1) is 11.4. The van der Waals surface area contributed by atoms with E-state index in [1.54, 1.807) is 0 Å². The van der Waals surface area contributed by atoms with Gasteiger partial charge in [-0.25, -0.2) is 0 Å². The van der Waals surface area contributed by atoms with Gasteiger partial charge in [-0.05, 0) is 50.9 Å². The maximum atomic E-state index is 2.77. The van der Waals surface area contributed by atoms with Crippen molar-refractivity contribution in [2.45, 2.75) is 66.0 Å². The molecule has 1 aliphatic carbocycles. The number of rotatable bonds is 0. The number of likely N-dealkylation sites (tertiary alicyclic amines) is 1. The van der Waals surface area contributed by atoms with Crippen LogP contribution in [-0.4, -0.2) is 23.0 Å². The van der Waals surface area contributed by atoms with Gasteiger partial charge in [-0.15, -0.1) is 0 Å². The van der Waals surface area contributed by atoms with Gasteiger partial charge in [0.15, 0.2) is 0 Å². The quantitative estimate of drug-likeness (QED) is 0.590. The van der Waals surface area contributed by atoms with E-state index in [9.17, 15) is 0 Å². The molecule has 0 aromatic heterocycles. The number of nitrogens with zero attached hydrogens (tertiary/aromatic N) is 1. The van der Waals surface area contributed by atoms with Crippen molar-refractivity contribution in [2.75, 3.05) is 6.54 Å². The molecule has 0 aromatic rings. The minimum absolute atomic E-state index is 0.343. The zero-order chi connectivity index (χ0) is 11.4. The molecule has 0 amide bonds. The maximum absolute atomic E-state index is 2.77. The second-order valence-electron chi connectivity index (χ2n) is 7.64. The second kappa shape index (κ2) is 3.23. The Morgan fingerprint density at radius 1 is 0.933 bits per heavy atom. The van der Waals surface area contributed by atoms with Gasteiger partial charge >= 0.3 is 0 Å². The lowest BCUT2D eigenvalue weighted by atomic mass is 9.67. The van der Waals surface area contributed by atoms with Crippen LogP contribution in [0.15, 0.2) is 0 Å². The van der Waals surface area contributed by atoms with E-state index < -0.39 is 0 Å². The SMILES string of the molecule is CC(C)(C)[C@@H]1[C@H]2CC[C@H]2CN1C(C)(C)C. The fourth-order valence-electron chi connectivity index (χ4n) is 3.64. The smallest absolute Gasteiger partial charge is 0.0180 e.